The highest BCUT2D eigenvalue weighted by molar-refractivity contribution is 5.94. The summed E-state index contributed by atoms with van der Waals surface area (Å²) >= 11 is 0. The molecule has 228 valence electrons. The van der Waals surface area contributed by atoms with Crippen LogP contribution in [0.3, 0.4) is 0 Å². The molecule has 0 bridgehead atoms. The van der Waals surface area contributed by atoms with Gasteiger partial charge in [0.25, 0.3) is 0 Å². The number of rotatable bonds is 16. The molecular formula is C29H41N7O6. The molecule has 0 aromatic heterocycles. The molecule has 2 aromatic carbocycles. The van der Waals surface area contributed by atoms with Gasteiger partial charge in [-0.3, -0.25) is 19.4 Å². The summed E-state index contributed by atoms with van der Waals surface area (Å²) in [6.45, 7) is 3.49. The number of nitrogens with zero attached hydrogens (tertiary/aromatic N) is 1. The van der Waals surface area contributed by atoms with E-state index in [1.807, 2.05) is 6.07 Å². The van der Waals surface area contributed by atoms with Gasteiger partial charge in [0.05, 0.1) is 6.04 Å². The fourth-order valence-corrected chi connectivity index (χ4v) is 4.13. The third-order valence-corrected chi connectivity index (χ3v) is 6.45. The lowest BCUT2D eigenvalue weighted by Crippen LogP contribution is -2.58. The number of aromatic hydroxyl groups is 1. The minimum absolute atomic E-state index is 0.0799. The first-order chi connectivity index (χ1) is 19.9. The molecule has 13 heteroatoms. The van der Waals surface area contributed by atoms with Crippen LogP contribution in [-0.4, -0.2) is 70.6 Å². The van der Waals surface area contributed by atoms with Crippen molar-refractivity contribution in [3.05, 3.63) is 65.7 Å². The molecule has 13 nitrogen and oxygen atoms in total. The number of benzene rings is 2. The summed E-state index contributed by atoms with van der Waals surface area (Å²) in [6.07, 6.45) is 0.678. The van der Waals surface area contributed by atoms with E-state index in [9.17, 15) is 29.4 Å². The number of phenolic OH excluding ortho intramolecular Hbond substituents is 1. The van der Waals surface area contributed by atoms with Gasteiger partial charge < -0.3 is 43.4 Å². The van der Waals surface area contributed by atoms with E-state index in [2.05, 4.69) is 20.9 Å². The Hall–Kier alpha value is -4.65. The lowest BCUT2D eigenvalue weighted by molar-refractivity contribution is -0.143. The van der Waals surface area contributed by atoms with E-state index < -0.39 is 53.8 Å². The van der Waals surface area contributed by atoms with Crippen LogP contribution < -0.4 is 33.2 Å². The molecule has 11 N–H and O–H groups in total. The van der Waals surface area contributed by atoms with Crippen LogP contribution in [0.2, 0.25) is 0 Å². The standard InChI is InChI=1S/C29H41N7O6/c1-17(2)24(28(41)42)36-26(39)22(9-6-14-33-29(31)32)34-27(40)23(16-18-7-4-3-5-8-18)35-25(38)21(30)15-19-10-12-20(37)13-11-19/h3-5,7-8,10-13,17,21-24,37H,6,9,14-16,30H2,1-2H3,(H,34,40)(H,35,38)(H,36,39)(H,41,42)(H4,31,32,33). The smallest absolute Gasteiger partial charge is 0.326 e. The first-order valence-electron chi connectivity index (χ1n) is 13.6. The Morgan fingerprint density at radius 3 is 1.95 bits per heavy atom. The third-order valence-electron chi connectivity index (χ3n) is 6.45. The molecule has 4 atom stereocenters. The van der Waals surface area contributed by atoms with E-state index in [1.165, 1.54) is 12.1 Å². The van der Waals surface area contributed by atoms with E-state index in [0.717, 1.165) is 11.1 Å². The van der Waals surface area contributed by atoms with Crippen LogP contribution in [-0.2, 0) is 32.0 Å². The predicted octanol–water partition coefficient (Wildman–Crippen LogP) is -0.247. The van der Waals surface area contributed by atoms with Gasteiger partial charge in [-0.25, -0.2) is 4.79 Å². The Morgan fingerprint density at radius 2 is 1.38 bits per heavy atom. The average molecular weight is 584 g/mol. The number of hydrogen-bond donors (Lipinski definition) is 8. The number of aliphatic carboxylic acids is 1. The molecule has 0 aliphatic carbocycles. The molecule has 0 fully saturated rings. The van der Waals surface area contributed by atoms with Gasteiger partial charge in [-0.2, -0.15) is 0 Å². The maximum atomic E-state index is 13.6. The SMILES string of the molecule is CC(C)C(NC(=O)C(CCCN=C(N)N)NC(=O)C(Cc1ccccc1)NC(=O)C(N)Cc1ccc(O)cc1)C(=O)O. The van der Waals surface area contributed by atoms with Gasteiger partial charge in [-0.15, -0.1) is 0 Å². The van der Waals surface area contributed by atoms with Crippen LogP contribution in [0, 0.1) is 5.92 Å². The quantitative estimate of drug-likeness (QED) is 0.0738. The minimum Gasteiger partial charge on any atom is -0.508 e. The van der Waals surface area contributed by atoms with Crippen molar-refractivity contribution in [3.8, 4) is 5.75 Å². The molecule has 2 rings (SSSR count). The van der Waals surface area contributed by atoms with Gasteiger partial charge in [0, 0.05) is 13.0 Å². The van der Waals surface area contributed by atoms with Crippen LogP contribution in [0.25, 0.3) is 0 Å². The first kappa shape index (κ1) is 33.6. The average Bonchev–Trinajstić information content (AvgIpc) is 2.93. The van der Waals surface area contributed by atoms with Crippen molar-refractivity contribution >= 4 is 29.7 Å². The number of phenols is 1. The van der Waals surface area contributed by atoms with Crippen molar-refractivity contribution < 1.29 is 29.4 Å². The van der Waals surface area contributed by atoms with Gasteiger partial charge in [0.15, 0.2) is 5.96 Å². The van der Waals surface area contributed by atoms with Crippen molar-refractivity contribution in [2.45, 2.75) is 63.7 Å². The largest absolute Gasteiger partial charge is 0.508 e. The molecule has 3 amide bonds. The molecule has 42 heavy (non-hydrogen) atoms. The molecule has 4 unspecified atom stereocenters. The topological polar surface area (TPSA) is 235 Å². The van der Waals surface area contributed by atoms with Crippen LogP contribution in [0.5, 0.6) is 5.75 Å². The molecule has 2 aromatic rings. The van der Waals surface area contributed by atoms with Gasteiger partial charge in [0.1, 0.15) is 23.9 Å². The van der Waals surface area contributed by atoms with Crippen molar-refractivity contribution in [1.29, 1.82) is 0 Å². The van der Waals surface area contributed by atoms with E-state index >= 15 is 0 Å². The zero-order chi connectivity index (χ0) is 31.2. The summed E-state index contributed by atoms with van der Waals surface area (Å²) in [5.74, 6) is -3.59. The Kier molecular flexibility index (Phi) is 13.2. The van der Waals surface area contributed by atoms with Gasteiger partial charge in [-0.05, 0) is 48.4 Å². The number of hydrogen-bond acceptors (Lipinski definition) is 7. The predicted molar refractivity (Wildman–Crippen MR) is 158 cm³/mol. The lowest BCUT2D eigenvalue weighted by Gasteiger charge is -2.26. The Morgan fingerprint density at radius 1 is 0.810 bits per heavy atom. The fraction of sp³-hybridized carbons (Fsp3) is 0.414. The fourth-order valence-electron chi connectivity index (χ4n) is 4.13. The molecule has 0 saturated carbocycles. The normalized spacial score (nSPS) is 13.7. The molecule has 0 saturated heterocycles. The number of nitrogens with two attached hydrogens (primary N) is 3. The van der Waals surface area contributed by atoms with Crippen molar-refractivity contribution in [3.63, 3.8) is 0 Å². The summed E-state index contributed by atoms with van der Waals surface area (Å²) in [5.41, 5.74) is 18.4. The van der Waals surface area contributed by atoms with Gasteiger partial charge in [0.2, 0.25) is 17.7 Å². The maximum Gasteiger partial charge on any atom is 0.326 e. The summed E-state index contributed by atoms with van der Waals surface area (Å²) in [5, 5.41) is 26.9. The highest BCUT2D eigenvalue weighted by atomic mass is 16.4. The van der Waals surface area contributed by atoms with Gasteiger partial charge >= 0.3 is 5.97 Å². The zero-order valence-corrected chi connectivity index (χ0v) is 23.8. The zero-order valence-electron chi connectivity index (χ0n) is 23.8. The van der Waals surface area contributed by atoms with Crippen LogP contribution in [0.1, 0.15) is 37.8 Å². The minimum atomic E-state index is -1.21. The van der Waals surface area contributed by atoms with Crippen LogP contribution in [0.15, 0.2) is 59.6 Å². The summed E-state index contributed by atoms with van der Waals surface area (Å²) in [4.78, 5) is 55.3. The number of carboxylic acid groups (broad SMARTS) is 1. The maximum absolute atomic E-state index is 13.6. The highest BCUT2D eigenvalue weighted by Crippen LogP contribution is 2.12. The monoisotopic (exact) mass is 583 g/mol. The van der Waals surface area contributed by atoms with E-state index in [1.54, 1.807) is 50.2 Å². The van der Waals surface area contributed by atoms with Crippen LogP contribution in [0.4, 0.5) is 0 Å². The number of carbonyl (C=O) groups excluding carboxylic acids is 3. The Labute approximate surface area is 244 Å². The van der Waals surface area contributed by atoms with Gasteiger partial charge in [-0.1, -0.05) is 56.3 Å². The number of aliphatic imine (C=N–C) groups is 1. The summed E-state index contributed by atoms with van der Waals surface area (Å²) in [7, 11) is 0. The third kappa shape index (κ3) is 11.5. The molecule has 0 heterocycles. The molecule has 0 radical (unpaired) electrons. The summed E-state index contributed by atoms with van der Waals surface area (Å²) < 4.78 is 0. The Balaban J connectivity index is 2.24. The molecular weight excluding hydrogens is 542 g/mol. The molecule has 0 aliphatic heterocycles. The van der Waals surface area contributed by atoms with E-state index in [-0.39, 0.29) is 37.5 Å². The number of carbonyl (C=O) groups is 4. The van der Waals surface area contributed by atoms with Crippen LogP contribution >= 0.6 is 0 Å². The number of nitrogens with one attached hydrogen (secondary N) is 3. The van der Waals surface area contributed by atoms with E-state index in [0.29, 0.717) is 6.42 Å². The van der Waals surface area contributed by atoms with Crippen molar-refractivity contribution in [2.75, 3.05) is 6.54 Å². The Bertz CT molecular complexity index is 1220. The van der Waals surface area contributed by atoms with Crippen molar-refractivity contribution in [2.24, 2.45) is 28.1 Å². The molecule has 0 spiro atoms. The summed E-state index contributed by atoms with van der Waals surface area (Å²) in [6, 6.07) is 10.8. The number of amides is 3. The number of guanidine groups is 1. The first-order valence-corrected chi connectivity index (χ1v) is 13.6. The lowest BCUT2D eigenvalue weighted by atomic mass is 10.0. The number of carboxylic acids is 1. The second-order valence-electron chi connectivity index (χ2n) is 10.3. The van der Waals surface area contributed by atoms with E-state index in [4.69, 9.17) is 17.2 Å². The van der Waals surface area contributed by atoms with Crippen molar-refractivity contribution in [1.82, 2.24) is 16.0 Å². The second kappa shape index (κ2) is 16.6. The highest BCUT2D eigenvalue weighted by Gasteiger charge is 2.31. The molecule has 0 aliphatic rings. The second-order valence-corrected chi connectivity index (χ2v) is 10.3.